The summed E-state index contributed by atoms with van der Waals surface area (Å²) in [4.78, 5) is 9.10. The third-order valence-electron chi connectivity index (χ3n) is 4.32. The Bertz CT molecular complexity index is 1120. The van der Waals surface area contributed by atoms with Crippen molar-refractivity contribution >= 4 is 23.1 Å². The minimum Gasteiger partial charge on any atom is -0.497 e. The summed E-state index contributed by atoms with van der Waals surface area (Å²) in [6.07, 6.45) is 0. The summed E-state index contributed by atoms with van der Waals surface area (Å²) in [5, 5.41) is 6.57. The van der Waals surface area contributed by atoms with Crippen LogP contribution in [0.15, 0.2) is 84.9 Å². The number of para-hydroxylation sites is 3. The number of nitrogens with zero attached hydrogens (tertiary/aromatic N) is 2. The molecule has 150 valence electrons. The van der Waals surface area contributed by atoms with Crippen LogP contribution in [0.25, 0.3) is 0 Å². The maximum atomic E-state index is 6.01. The number of ether oxygens (including phenoxy) is 2. The number of hydrogen-bond donors (Lipinski definition) is 2. The first kappa shape index (κ1) is 19.3. The quantitative estimate of drug-likeness (QED) is 0.394. The monoisotopic (exact) mass is 398 g/mol. The Kier molecular flexibility index (Phi) is 5.75. The van der Waals surface area contributed by atoms with Crippen molar-refractivity contribution in [3.8, 4) is 17.2 Å². The summed E-state index contributed by atoms with van der Waals surface area (Å²) in [6.45, 7) is 1.93. The van der Waals surface area contributed by atoms with Crippen molar-refractivity contribution in [2.24, 2.45) is 0 Å². The van der Waals surface area contributed by atoms with Crippen LogP contribution < -0.4 is 20.1 Å². The molecule has 0 unspecified atom stereocenters. The SMILES string of the molecule is COc1ccc(Nc2cc(C)nc(Nc3ccccc3Oc3ccccc3)n2)cc1. The highest BCUT2D eigenvalue weighted by atomic mass is 16.5. The third-order valence-corrected chi connectivity index (χ3v) is 4.32. The van der Waals surface area contributed by atoms with Gasteiger partial charge >= 0.3 is 0 Å². The molecule has 0 saturated heterocycles. The van der Waals surface area contributed by atoms with Crippen LogP contribution in [0, 0.1) is 6.92 Å². The topological polar surface area (TPSA) is 68.3 Å². The highest BCUT2D eigenvalue weighted by Crippen LogP contribution is 2.31. The minimum atomic E-state index is 0.482. The Morgan fingerprint density at radius 1 is 0.733 bits per heavy atom. The molecule has 0 amide bonds. The third kappa shape index (κ3) is 4.86. The van der Waals surface area contributed by atoms with E-state index >= 15 is 0 Å². The summed E-state index contributed by atoms with van der Waals surface area (Å²) in [5.41, 5.74) is 2.53. The standard InChI is InChI=1S/C24H22N4O2/c1-17-16-23(26-18-12-14-19(29-2)15-13-18)28-24(25-17)27-21-10-6-7-11-22(21)30-20-8-4-3-5-9-20/h3-16H,1-2H3,(H2,25,26,27,28). The minimum absolute atomic E-state index is 0.482. The van der Waals surface area contributed by atoms with Gasteiger partial charge in [0.2, 0.25) is 5.95 Å². The van der Waals surface area contributed by atoms with E-state index < -0.39 is 0 Å². The molecule has 1 aromatic heterocycles. The fourth-order valence-electron chi connectivity index (χ4n) is 2.91. The smallest absolute Gasteiger partial charge is 0.229 e. The number of aryl methyl sites for hydroxylation is 1. The Balaban J connectivity index is 1.55. The molecule has 6 nitrogen and oxygen atoms in total. The van der Waals surface area contributed by atoms with Gasteiger partial charge in [0.15, 0.2) is 5.75 Å². The molecule has 4 aromatic rings. The average molecular weight is 398 g/mol. The van der Waals surface area contributed by atoms with Crippen LogP contribution in [-0.4, -0.2) is 17.1 Å². The van der Waals surface area contributed by atoms with Gasteiger partial charge in [0.05, 0.1) is 12.8 Å². The van der Waals surface area contributed by atoms with Gasteiger partial charge in [-0.3, -0.25) is 0 Å². The molecular weight excluding hydrogens is 376 g/mol. The summed E-state index contributed by atoms with van der Waals surface area (Å²) < 4.78 is 11.2. The Hall–Kier alpha value is -4.06. The number of methoxy groups -OCH3 is 1. The van der Waals surface area contributed by atoms with Crippen LogP contribution in [-0.2, 0) is 0 Å². The lowest BCUT2D eigenvalue weighted by atomic mass is 10.3. The fourth-order valence-corrected chi connectivity index (χ4v) is 2.91. The number of benzene rings is 3. The molecule has 0 saturated carbocycles. The lowest BCUT2D eigenvalue weighted by Gasteiger charge is -2.13. The van der Waals surface area contributed by atoms with Crippen LogP contribution in [0.4, 0.5) is 23.1 Å². The summed E-state index contributed by atoms with van der Waals surface area (Å²) >= 11 is 0. The molecule has 0 aliphatic rings. The Morgan fingerprint density at radius 3 is 2.23 bits per heavy atom. The first-order chi connectivity index (χ1) is 14.7. The number of aromatic nitrogens is 2. The average Bonchev–Trinajstić information content (AvgIpc) is 2.76. The van der Waals surface area contributed by atoms with Crippen LogP contribution in [0.5, 0.6) is 17.2 Å². The Morgan fingerprint density at radius 2 is 1.47 bits per heavy atom. The molecule has 3 aromatic carbocycles. The van der Waals surface area contributed by atoms with Crippen molar-refractivity contribution in [1.82, 2.24) is 9.97 Å². The van der Waals surface area contributed by atoms with Gasteiger partial charge in [-0.1, -0.05) is 30.3 Å². The zero-order valence-corrected chi connectivity index (χ0v) is 16.8. The van der Waals surface area contributed by atoms with Gasteiger partial charge in [0, 0.05) is 17.4 Å². The lowest BCUT2D eigenvalue weighted by Crippen LogP contribution is -2.03. The van der Waals surface area contributed by atoms with Crippen molar-refractivity contribution in [3.63, 3.8) is 0 Å². The maximum Gasteiger partial charge on any atom is 0.229 e. The second-order valence-electron chi connectivity index (χ2n) is 6.61. The number of hydrogen-bond acceptors (Lipinski definition) is 6. The van der Waals surface area contributed by atoms with E-state index in [1.807, 2.05) is 91.9 Å². The predicted molar refractivity (Wildman–Crippen MR) is 119 cm³/mol. The molecule has 0 radical (unpaired) electrons. The lowest BCUT2D eigenvalue weighted by molar-refractivity contribution is 0.415. The highest BCUT2D eigenvalue weighted by Gasteiger charge is 2.08. The molecule has 30 heavy (non-hydrogen) atoms. The molecule has 1 heterocycles. The van der Waals surface area contributed by atoms with Crippen molar-refractivity contribution in [3.05, 3.63) is 90.6 Å². The van der Waals surface area contributed by atoms with Gasteiger partial charge in [-0.15, -0.1) is 0 Å². The first-order valence-electron chi connectivity index (χ1n) is 9.55. The van der Waals surface area contributed by atoms with E-state index in [0.717, 1.165) is 28.6 Å². The van der Waals surface area contributed by atoms with E-state index in [0.29, 0.717) is 17.5 Å². The predicted octanol–water partition coefficient (Wildman–Crippen LogP) is 6.07. The summed E-state index contributed by atoms with van der Waals surface area (Å²) in [5.74, 6) is 3.43. The van der Waals surface area contributed by atoms with Crippen LogP contribution >= 0.6 is 0 Å². The van der Waals surface area contributed by atoms with Gasteiger partial charge in [-0.2, -0.15) is 4.98 Å². The Labute approximate surface area is 175 Å². The van der Waals surface area contributed by atoms with E-state index in [-0.39, 0.29) is 0 Å². The van der Waals surface area contributed by atoms with Gasteiger partial charge in [0.25, 0.3) is 0 Å². The molecular formula is C24H22N4O2. The molecule has 0 bridgehead atoms. The molecule has 4 rings (SSSR count). The molecule has 0 fully saturated rings. The van der Waals surface area contributed by atoms with Crippen molar-refractivity contribution in [2.75, 3.05) is 17.7 Å². The van der Waals surface area contributed by atoms with Crippen LogP contribution in [0.1, 0.15) is 5.69 Å². The van der Waals surface area contributed by atoms with Crippen LogP contribution in [0.2, 0.25) is 0 Å². The normalized spacial score (nSPS) is 10.3. The number of rotatable bonds is 7. The number of anilines is 4. The number of nitrogens with one attached hydrogen (secondary N) is 2. The van der Waals surface area contributed by atoms with E-state index in [2.05, 4.69) is 20.6 Å². The summed E-state index contributed by atoms with van der Waals surface area (Å²) in [7, 11) is 1.65. The van der Waals surface area contributed by atoms with Gasteiger partial charge in [-0.05, 0) is 55.5 Å². The largest absolute Gasteiger partial charge is 0.497 e. The van der Waals surface area contributed by atoms with E-state index in [4.69, 9.17) is 9.47 Å². The first-order valence-corrected chi connectivity index (χ1v) is 9.55. The summed E-state index contributed by atoms with van der Waals surface area (Å²) in [6, 6.07) is 26.9. The van der Waals surface area contributed by atoms with Gasteiger partial charge < -0.3 is 20.1 Å². The zero-order chi connectivity index (χ0) is 20.8. The van der Waals surface area contributed by atoms with E-state index in [1.54, 1.807) is 7.11 Å². The molecule has 2 N–H and O–H groups in total. The molecule has 0 spiro atoms. The van der Waals surface area contributed by atoms with Crippen molar-refractivity contribution < 1.29 is 9.47 Å². The highest BCUT2D eigenvalue weighted by molar-refractivity contribution is 5.65. The van der Waals surface area contributed by atoms with Crippen LogP contribution in [0.3, 0.4) is 0 Å². The molecule has 0 aliphatic heterocycles. The fraction of sp³-hybridized carbons (Fsp3) is 0.0833. The zero-order valence-electron chi connectivity index (χ0n) is 16.8. The molecule has 6 heteroatoms. The molecule has 0 aliphatic carbocycles. The molecule has 0 atom stereocenters. The second kappa shape index (κ2) is 8.96. The maximum absolute atomic E-state index is 6.01. The van der Waals surface area contributed by atoms with Crippen molar-refractivity contribution in [1.29, 1.82) is 0 Å². The van der Waals surface area contributed by atoms with Gasteiger partial charge in [-0.25, -0.2) is 4.98 Å². The van der Waals surface area contributed by atoms with E-state index in [9.17, 15) is 0 Å². The second-order valence-corrected chi connectivity index (χ2v) is 6.61. The van der Waals surface area contributed by atoms with Crippen molar-refractivity contribution in [2.45, 2.75) is 6.92 Å². The van der Waals surface area contributed by atoms with E-state index in [1.165, 1.54) is 0 Å². The van der Waals surface area contributed by atoms with Gasteiger partial charge in [0.1, 0.15) is 17.3 Å².